The number of carbonyl (C=O) groups excluding carboxylic acids is 1. The molecule has 0 N–H and O–H groups in total. The number of halogens is 2. The van der Waals surface area contributed by atoms with Crippen LogP contribution >= 0.6 is 31.9 Å². The molecule has 1 aromatic rings. The summed E-state index contributed by atoms with van der Waals surface area (Å²) in [6, 6.07) is 0. The monoisotopic (exact) mass is 351 g/mol. The summed E-state index contributed by atoms with van der Waals surface area (Å²) in [4.78, 5) is 13.7. The van der Waals surface area contributed by atoms with Gasteiger partial charge in [-0.05, 0) is 52.6 Å². The summed E-state index contributed by atoms with van der Waals surface area (Å²) in [5.41, 5.74) is 1.01. The predicted octanol–water partition coefficient (Wildman–Crippen LogP) is 2.58. The third kappa shape index (κ3) is 2.85. The SMILES string of the molecule is CCN(CC)C(=O)Cn1nc(Br)c(C)c1Br. The molecule has 0 radical (unpaired) electrons. The second-order valence-corrected chi connectivity index (χ2v) is 4.93. The Kier molecular flexibility index (Phi) is 4.98. The fourth-order valence-electron chi connectivity index (χ4n) is 1.41. The maximum absolute atomic E-state index is 11.9. The molecule has 0 aliphatic rings. The number of amides is 1. The molecule has 0 spiro atoms. The molecule has 0 fully saturated rings. The second-order valence-electron chi connectivity index (χ2n) is 3.43. The van der Waals surface area contributed by atoms with Crippen LogP contribution in [0.5, 0.6) is 0 Å². The zero-order valence-corrected chi connectivity index (χ0v) is 12.8. The Morgan fingerprint density at radius 1 is 1.38 bits per heavy atom. The smallest absolute Gasteiger partial charge is 0.244 e. The number of nitrogens with zero attached hydrogens (tertiary/aromatic N) is 3. The molecule has 0 aromatic carbocycles. The van der Waals surface area contributed by atoms with Gasteiger partial charge in [-0.2, -0.15) is 5.10 Å². The number of carbonyl (C=O) groups is 1. The first-order valence-corrected chi connectivity index (χ1v) is 6.76. The molecule has 0 saturated carbocycles. The van der Waals surface area contributed by atoms with Gasteiger partial charge in [0.1, 0.15) is 15.8 Å². The highest BCUT2D eigenvalue weighted by Gasteiger charge is 2.15. The van der Waals surface area contributed by atoms with E-state index in [-0.39, 0.29) is 12.5 Å². The third-order valence-corrected chi connectivity index (χ3v) is 4.21. The van der Waals surface area contributed by atoms with Crippen molar-refractivity contribution in [3.63, 3.8) is 0 Å². The lowest BCUT2D eigenvalue weighted by atomic mass is 10.4. The zero-order chi connectivity index (χ0) is 12.3. The van der Waals surface area contributed by atoms with Crippen molar-refractivity contribution >= 4 is 37.8 Å². The molecule has 0 aliphatic carbocycles. The van der Waals surface area contributed by atoms with E-state index >= 15 is 0 Å². The molecule has 6 heteroatoms. The van der Waals surface area contributed by atoms with Gasteiger partial charge in [-0.15, -0.1) is 0 Å². The Morgan fingerprint density at radius 3 is 2.31 bits per heavy atom. The quantitative estimate of drug-likeness (QED) is 0.835. The standard InChI is InChI=1S/C10H15Br2N3O/c1-4-14(5-2)8(16)6-15-10(12)7(3)9(11)13-15/h4-6H2,1-3H3. The molecule has 90 valence electrons. The first-order chi connectivity index (χ1) is 7.51. The van der Waals surface area contributed by atoms with Crippen molar-refractivity contribution in [1.29, 1.82) is 0 Å². The maximum Gasteiger partial charge on any atom is 0.244 e. The van der Waals surface area contributed by atoms with Crippen LogP contribution in [0.3, 0.4) is 0 Å². The van der Waals surface area contributed by atoms with Gasteiger partial charge >= 0.3 is 0 Å². The topological polar surface area (TPSA) is 38.1 Å². The number of aromatic nitrogens is 2. The predicted molar refractivity (Wildman–Crippen MR) is 70.3 cm³/mol. The Labute approximate surface area is 112 Å². The van der Waals surface area contributed by atoms with Crippen LogP contribution in [0.1, 0.15) is 19.4 Å². The summed E-state index contributed by atoms with van der Waals surface area (Å²) in [6.07, 6.45) is 0. The van der Waals surface area contributed by atoms with Crippen LogP contribution in [0.4, 0.5) is 0 Å². The Bertz CT molecular complexity index is 386. The highest BCUT2D eigenvalue weighted by atomic mass is 79.9. The number of hydrogen-bond acceptors (Lipinski definition) is 2. The van der Waals surface area contributed by atoms with E-state index in [0.29, 0.717) is 0 Å². The van der Waals surface area contributed by atoms with Gasteiger partial charge in [0.25, 0.3) is 0 Å². The van der Waals surface area contributed by atoms with Crippen molar-refractivity contribution in [1.82, 2.24) is 14.7 Å². The zero-order valence-electron chi connectivity index (χ0n) is 9.63. The van der Waals surface area contributed by atoms with Crippen molar-refractivity contribution in [2.24, 2.45) is 0 Å². The third-order valence-electron chi connectivity index (χ3n) is 2.46. The summed E-state index contributed by atoms with van der Waals surface area (Å²) < 4.78 is 3.28. The van der Waals surface area contributed by atoms with Gasteiger partial charge < -0.3 is 4.90 Å². The lowest BCUT2D eigenvalue weighted by molar-refractivity contribution is -0.131. The van der Waals surface area contributed by atoms with Crippen LogP contribution in [0.2, 0.25) is 0 Å². The van der Waals surface area contributed by atoms with Gasteiger partial charge in [-0.25, -0.2) is 4.68 Å². The van der Waals surface area contributed by atoms with Crippen LogP contribution < -0.4 is 0 Å². The molecule has 0 atom stereocenters. The largest absolute Gasteiger partial charge is 0.342 e. The van der Waals surface area contributed by atoms with E-state index in [9.17, 15) is 4.79 Å². The highest BCUT2D eigenvalue weighted by Crippen LogP contribution is 2.23. The average Bonchev–Trinajstić information content (AvgIpc) is 2.48. The molecule has 1 rings (SSSR count). The minimum atomic E-state index is 0.0840. The molecular weight excluding hydrogens is 338 g/mol. The summed E-state index contributed by atoms with van der Waals surface area (Å²) in [5, 5.41) is 4.24. The van der Waals surface area contributed by atoms with Gasteiger partial charge in [0.15, 0.2) is 0 Å². The van der Waals surface area contributed by atoms with Gasteiger partial charge in [0.2, 0.25) is 5.91 Å². The normalized spacial score (nSPS) is 10.6. The molecule has 0 bridgehead atoms. The summed E-state index contributed by atoms with van der Waals surface area (Å²) in [5.74, 6) is 0.0840. The average molecular weight is 353 g/mol. The van der Waals surface area contributed by atoms with Crippen molar-refractivity contribution in [2.75, 3.05) is 13.1 Å². The van der Waals surface area contributed by atoms with Crippen molar-refractivity contribution < 1.29 is 4.79 Å². The van der Waals surface area contributed by atoms with Crippen molar-refractivity contribution in [3.05, 3.63) is 14.8 Å². The highest BCUT2D eigenvalue weighted by molar-refractivity contribution is 9.11. The minimum absolute atomic E-state index is 0.0840. The van der Waals surface area contributed by atoms with Crippen LogP contribution in [0.25, 0.3) is 0 Å². The molecule has 0 saturated heterocycles. The van der Waals surface area contributed by atoms with E-state index in [4.69, 9.17) is 0 Å². The lowest BCUT2D eigenvalue weighted by Gasteiger charge is -2.18. The summed E-state index contributed by atoms with van der Waals surface area (Å²) in [6.45, 7) is 7.62. The van der Waals surface area contributed by atoms with E-state index in [1.807, 2.05) is 20.8 Å². The maximum atomic E-state index is 11.9. The molecule has 1 aromatic heterocycles. The lowest BCUT2D eigenvalue weighted by Crippen LogP contribution is -2.33. The van der Waals surface area contributed by atoms with Crippen molar-refractivity contribution in [3.8, 4) is 0 Å². The summed E-state index contributed by atoms with van der Waals surface area (Å²) in [7, 11) is 0. The Balaban J connectivity index is 2.80. The molecule has 1 amide bonds. The van der Waals surface area contributed by atoms with E-state index < -0.39 is 0 Å². The minimum Gasteiger partial charge on any atom is -0.342 e. The van der Waals surface area contributed by atoms with E-state index in [2.05, 4.69) is 37.0 Å². The van der Waals surface area contributed by atoms with Crippen LogP contribution in [-0.4, -0.2) is 33.7 Å². The van der Waals surface area contributed by atoms with E-state index in [1.54, 1.807) is 9.58 Å². The number of hydrogen-bond donors (Lipinski definition) is 0. The molecular formula is C10H15Br2N3O. The second kappa shape index (κ2) is 5.82. The number of likely N-dealkylation sites (N-methyl/N-ethyl adjacent to an activating group) is 1. The van der Waals surface area contributed by atoms with Gasteiger partial charge in [-0.3, -0.25) is 4.79 Å². The molecule has 0 unspecified atom stereocenters. The fraction of sp³-hybridized carbons (Fsp3) is 0.600. The Morgan fingerprint density at radius 2 is 1.94 bits per heavy atom. The van der Waals surface area contributed by atoms with Gasteiger partial charge in [-0.1, -0.05) is 0 Å². The van der Waals surface area contributed by atoms with Crippen LogP contribution in [0.15, 0.2) is 9.21 Å². The van der Waals surface area contributed by atoms with E-state index in [1.165, 1.54) is 0 Å². The first kappa shape index (κ1) is 13.7. The van der Waals surface area contributed by atoms with E-state index in [0.717, 1.165) is 27.9 Å². The fourth-order valence-corrected chi connectivity index (χ4v) is 2.45. The summed E-state index contributed by atoms with van der Waals surface area (Å²) >= 11 is 6.76. The molecule has 0 aliphatic heterocycles. The van der Waals surface area contributed by atoms with Crippen LogP contribution in [-0.2, 0) is 11.3 Å². The Hall–Kier alpha value is -0.360. The molecule has 1 heterocycles. The van der Waals surface area contributed by atoms with Gasteiger partial charge in [0, 0.05) is 18.7 Å². The van der Waals surface area contributed by atoms with Gasteiger partial charge in [0.05, 0.1) is 0 Å². The first-order valence-electron chi connectivity index (χ1n) is 5.17. The molecule has 16 heavy (non-hydrogen) atoms. The molecule has 4 nitrogen and oxygen atoms in total. The number of rotatable bonds is 4. The van der Waals surface area contributed by atoms with Crippen molar-refractivity contribution in [2.45, 2.75) is 27.3 Å². The van der Waals surface area contributed by atoms with Crippen LogP contribution in [0, 0.1) is 6.92 Å².